The summed E-state index contributed by atoms with van der Waals surface area (Å²) in [6.07, 6.45) is 5.34. The summed E-state index contributed by atoms with van der Waals surface area (Å²) in [6, 6.07) is 3.92. The van der Waals surface area contributed by atoms with Gasteiger partial charge in [-0.3, -0.25) is 0 Å². The standard InChI is InChI=1S/C13H19N5/c1-10-15-16-12-6-5-11(17-18(10)12)14-9-13(2)7-3-4-8-13/h5-6H,3-4,7-9H2,1-2H3,(H,14,17). The van der Waals surface area contributed by atoms with E-state index in [-0.39, 0.29) is 0 Å². The summed E-state index contributed by atoms with van der Waals surface area (Å²) >= 11 is 0. The second-order valence-corrected chi connectivity index (χ2v) is 5.61. The Morgan fingerprint density at radius 2 is 2.06 bits per heavy atom. The third-order valence-corrected chi connectivity index (χ3v) is 3.93. The molecule has 0 aliphatic heterocycles. The van der Waals surface area contributed by atoms with Crippen LogP contribution in [0.25, 0.3) is 5.65 Å². The minimum absolute atomic E-state index is 0.429. The highest BCUT2D eigenvalue weighted by atomic mass is 15.4. The van der Waals surface area contributed by atoms with Gasteiger partial charge in [0.1, 0.15) is 5.82 Å². The third kappa shape index (κ3) is 2.05. The molecular formula is C13H19N5. The predicted octanol–water partition coefficient (Wildman–Crippen LogP) is 2.42. The molecule has 2 heterocycles. The van der Waals surface area contributed by atoms with Gasteiger partial charge >= 0.3 is 0 Å². The smallest absolute Gasteiger partial charge is 0.178 e. The molecule has 0 aromatic carbocycles. The minimum atomic E-state index is 0.429. The van der Waals surface area contributed by atoms with Gasteiger partial charge in [0.25, 0.3) is 0 Å². The molecule has 1 N–H and O–H groups in total. The first-order valence-electron chi connectivity index (χ1n) is 6.59. The summed E-state index contributed by atoms with van der Waals surface area (Å²) in [5.41, 5.74) is 1.23. The van der Waals surface area contributed by atoms with Crippen LogP contribution in [0.5, 0.6) is 0 Å². The van der Waals surface area contributed by atoms with Crippen LogP contribution in [-0.2, 0) is 0 Å². The van der Waals surface area contributed by atoms with Gasteiger partial charge in [-0.05, 0) is 37.3 Å². The number of nitrogens with one attached hydrogen (secondary N) is 1. The molecule has 0 spiro atoms. The van der Waals surface area contributed by atoms with Crippen molar-refractivity contribution in [2.75, 3.05) is 11.9 Å². The van der Waals surface area contributed by atoms with Gasteiger partial charge in [0.2, 0.25) is 0 Å². The van der Waals surface area contributed by atoms with Gasteiger partial charge < -0.3 is 5.32 Å². The van der Waals surface area contributed by atoms with E-state index in [1.807, 2.05) is 19.1 Å². The molecule has 1 aliphatic carbocycles. The quantitative estimate of drug-likeness (QED) is 0.902. The van der Waals surface area contributed by atoms with Crippen molar-refractivity contribution in [3.8, 4) is 0 Å². The molecule has 0 unspecified atom stereocenters. The van der Waals surface area contributed by atoms with Crippen LogP contribution in [-0.4, -0.2) is 26.4 Å². The second kappa shape index (κ2) is 4.23. The van der Waals surface area contributed by atoms with Crippen LogP contribution in [0.2, 0.25) is 0 Å². The Balaban J connectivity index is 1.76. The van der Waals surface area contributed by atoms with Crippen LogP contribution in [0.3, 0.4) is 0 Å². The molecule has 0 saturated heterocycles. The van der Waals surface area contributed by atoms with Gasteiger partial charge in [-0.2, -0.15) is 4.52 Å². The SMILES string of the molecule is Cc1nnc2ccc(NCC3(C)CCCC3)nn12. The van der Waals surface area contributed by atoms with Gasteiger partial charge in [-0.1, -0.05) is 19.8 Å². The number of nitrogens with zero attached hydrogens (tertiary/aromatic N) is 4. The van der Waals surface area contributed by atoms with Gasteiger partial charge in [-0.15, -0.1) is 15.3 Å². The van der Waals surface area contributed by atoms with Crippen molar-refractivity contribution in [2.24, 2.45) is 5.41 Å². The van der Waals surface area contributed by atoms with Crippen LogP contribution >= 0.6 is 0 Å². The molecule has 5 nitrogen and oxygen atoms in total. The Morgan fingerprint density at radius 1 is 1.28 bits per heavy atom. The van der Waals surface area contributed by atoms with Crippen LogP contribution in [0.15, 0.2) is 12.1 Å². The molecule has 2 aromatic rings. The number of aryl methyl sites for hydroxylation is 1. The fourth-order valence-electron chi connectivity index (χ4n) is 2.70. The van der Waals surface area contributed by atoms with E-state index in [9.17, 15) is 0 Å². The zero-order chi connectivity index (χ0) is 12.6. The maximum absolute atomic E-state index is 4.51. The first-order valence-corrected chi connectivity index (χ1v) is 6.59. The summed E-state index contributed by atoms with van der Waals surface area (Å²) in [5, 5.41) is 16.0. The molecule has 1 aliphatic rings. The van der Waals surface area contributed by atoms with Crippen molar-refractivity contribution < 1.29 is 0 Å². The van der Waals surface area contributed by atoms with Crippen molar-refractivity contribution in [1.29, 1.82) is 0 Å². The highest BCUT2D eigenvalue weighted by Gasteiger charge is 2.28. The number of hydrogen-bond acceptors (Lipinski definition) is 4. The highest BCUT2D eigenvalue weighted by Crippen LogP contribution is 2.37. The lowest BCUT2D eigenvalue weighted by Crippen LogP contribution is -2.23. The van der Waals surface area contributed by atoms with Gasteiger partial charge in [0.15, 0.2) is 11.5 Å². The lowest BCUT2D eigenvalue weighted by molar-refractivity contribution is 0.361. The summed E-state index contributed by atoms with van der Waals surface area (Å²) < 4.78 is 1.78. The van der Waals surface area contributed by atoms with E-state index >= 15 is 0 Å². The molecule has 96 valence electrons. The number of fused-ring (bicyclic) bond motifs is 1. The Hall–Kier alpha value is -1.65. The summed E-state index contributed by atoms with van der Waals surface area (Å²) in [7, 11) is 0. The maximum atomic E-state index is 4.51. The lowest BCUT2D eigenvalue weighted by Gasteiger charge is -2.23. The second-order valence-electron chi connectivity index (χ2n) is 5.61. The Bertz CT molecular complexity index is 554. The largest absolute Gasteiger partial charge is 0.368 e. The summed E-state index contributed by atoms with van der Waals surface area (Å²) in [4.78, 5) is 0. The fourth-order valence-corrected chi connectivity index (χ4v) is 2.70. The van der Waals surface area contributed by atoms with Crippen LogP contribution in [0.1, 0.15) is 38.4 Å². The average molecular weight is 245 g/mol. The maximum Gasteiger partial charge on any atom is 0.178 e. The van der Waals surface area contributed by atoms with Crippen LogP contribution < -0.4 is 5.32 Å². The highest BCUT2D eigenvalue weighted by molar-refractivity contribution is 5.43. The molecule has 18 heavy (non-hydrogen) atoms. The van der Waals surface area contributed by atoms with Crippen molar-refractivity contribution in [3.05, 3.63) is 18.0 Å². The van der Waals surface area contributed by atoms with Crippen LogP contribution in [0, 0.1) is 12.3 Å². The van der Waals surface area contributed by atoms with E-state index in [0.29, 0.717) is 5.41 Å². The van der Waals surface area contributed by atoms with Gasteiger partial charge in [0.05, 0.1) is 0 Å². The Labute approximate surface area is 107 Å². The fraction of sp³-hybridized carbons (Fsp3) is 0.615. The lowest BCUT2D eigenvalue weighted by atomic mass is 9.89. The number of hydrogen-bond donors (Lipinski definition) is 1. The van der Waals surface area contributed by atoms with Crippen molar-refractivity contribution in [1.82, 2.24) is 19.8 Å². The summed E-state index contributed by atoms with van der Waals surface area (Å²) in [6.45, 7) is 5.26. The van der Waals surface area contributed by atoms with E-state index < -0.39 is 0 Å². The molecular weight excluding hydrogens is 226 g/mol. The van der Waals surface area contributed by atoms with Crippen LogP contribution in [0.4, 0.5) is 5.82 Å². The molecule has 2 aromatic heterocycles. The molecule has 0 amide bonds. The predicted molar refractivity (Wildman–Crippen MR) is 70.6 cm³/mol. The topological polar surface area (TPSA) is 55.1 Å². The number of rotatable bonds is 3. The van der Waals surface area contributed by atoms with E-state index in [1.165, 1.54) is 25.7 Å². The van der Waals surface area contributed by atoms with E-state index in [4.69, 9.17) is 0 Å². The number of anilines is 1. The zero-order valence-electron chi connectivity index (χ0n) is 11.0. The van der Waals surface area contributed by atoms with Crippen molar-refractivity contribution in [2.45, 2.75) is 39.5 Å². The number of aromatic nitrogens is 4. The van der Waals surface area contributed by atoms with Gasteiger partial charge in [-0.25, -0.2) is 0 Å². The Morgan fingerprint density at radius 3 is 2.83 bits per heavy atom. The molecule has 1 fully saturated rings. The van der Waals surface area contributed by atoms with E-state index in [0.717, 1.165) is 23.8 Å². The molecule has 0 radical (unpaired) electrons. The average Bonchev–Trinajstić information content (AvgIpc) is 2.95. The van der Waals surface area contributed by atoms with Crippen molar-refractivity contribution >= 4 is 11.5 Å². The van der Waals surface area contributed by atoms with E-state index in [2.05, 4.69) is 27.5 Å². The molecule has 0 bridgehead atoms. The first kappa shape index (κ1) is 11.4. The monoisotopic (exact) mass is 245 g/mol. The van der Waals surface area contributed by atoms with E-state index in [1.54, 1.807) is 4.52 Å². The molecule has 0 atom stereocenters. The molecule has 3 rings (SSSR count). The molecule has 5 heteroatoms. The minimum Gasteiger partial charge on any atom is -0.368 e. The normalized spacial score (nSPS) is 18.3. The summed E-state index contributed by atoms with van der Waals surface area (Å²) in [5.74, 6) is 1.72. The third-order valence-electron chi connectivity index (χ3n) is 3.93. The Kier molecular flexibility index (Phi) is 2.69. The van der Waals surface area contributed by atoms with Crippen molar-refractivity contribution in [3.63, 3.8) is 0 Å². The van der Waals surface area contributed by atoms with Gasteiger partial charge in [0, 0.05) is 6.54 Å². The molecule has 1 saturated carbocycles. The first-order chi connectivity index (χ1) is 8.66. The zero-order valence-corrected chi connectivity index (χ0v) is 11.0.